The van der Waals surface area contributed by atoms with E-state index < -0.39 is 0 Å². The number of carbonyl (C=O) groups is 1. The number of aromatic nitrogens is 3. The van der Waals surface area contributed by atoms with Crippen LogP contribution in [0.15, 0.2) is 42.7 Å². The summed E-state index contributed by atoms with van der Waals surface area (Å²) in [7, 11) is 0. The molecule has 0 radical (unpaired) electrons. The Bertz CT molecular complexity index is 1000. The topological polar surface area (TPSA) is 62.5 Å². The molecule has 6 nitrogen and oxygen atoms in total. The van der Waals surface area contributed by atoms with Crippen LogP contribution in [0, 0.1) is 5.92 Å². The molecule has 1 aliphatic heterocycles. The van der Waals surface area contributed by atoms with Crippen LogP contribution >= 0.6 is 0 Å². The number of hydrogen-bond donors (Lipinski definition) is 1. The molecule has 150 valence electrons. The Hall–Kier alpha value is -2.89. The van der Waals surface area contributed by atoms with Crippen molar-refractivity contribution in [2.75, 3.05) is 18.0 Å². The normalized spacial score (nSPS) is 17.3. The largest absolute Gasteiger partial charge is 0.355 e. The molecule has 1 aromatic carbocycles. The van der Waals surface area contributed by atoms with Crippen molar-refractivity contribution in [3.05, 3.63) is 59.5 Å². The lowest BCUT2D eigenvalue weighted by atomic mass is 9.94. The molecule has 5 rings (SSSR count). The minimum absolute atomic E-state index is 0.0773. The molecule has 1 N–H and O–H groups in total. The zero-order chi connectivity index (χ0) is 19.6. The maximum absolute atomic E-state index is 12.6. The third-order valence-electron chi connectivity index (χ3n) is 6.27. The van der Waals surface area contributed by atoms with Crippen LogP contribution in [-0.2, 0) is 24.2 Å². The zero-order valence-corrected chi connectivity index (χ0v) is 16.7. The van der Waals surface area contributed by atoms with Crippen molar-refractivity contribution in [1.82, 2.24) is 19.9 Å². The van der Waals surface area contributed by atoms with Crippen molar-refractivity contribution in [3.63, 3.8) is 0 Å². The average molecular weight is 390 g/mol. The van der Waals surface area contributed by atoms with Gasteiger partial charge in [-0.15, -0.1) is 0 Å². The number of fused-ring (bicyclic) bond motifs is 3. The van der Waals surface area contributed by atoms with Crippen LogP contribution in [0.3, 0.4) is 0 Å². The van der Waals surface area contributed by atoms with E-state index in [0.29, 0.717) is 6.54 Å². The predicted molar refractivity (Wildman–Crippen MR) is 113 cm³/mol. The highest BCUT2D eigenvalue weighted by Crippen LogP contribution is 2.32. The molecule has 0 bridgehead atoms. The number of nitrogens with one attached hydrogen (secondary N) is 1. The molecule has 0 atom stereocenters. The summed E-state index contributed by atoms with van der Waals surface area (Å²) in [5.74, 6) is 1.28. The average Bonchev–Trinajstić information content (AvgIpc) is 3.17. The minimum Gasteiger partial charge on any atom is -0.355 e. The summed E-state index contributed by atoms with van der Waals surface area (Å²) < 4.78 is 2.01. The van der Waals surface area contributed by atoms with Crippen LogP contribution in [0.2, 0.25) is 0 Å². The molecule has 6 heteroatoms. The standard InChI is InChI=1S/C23H27N5O/c29-23(25-16-17-6-2-1-3-7-17)18-10-13-27(14-11-18)22-21-19-8-4-5-9-20(19)26-28(21)15-12-24-22/h1-3,6-7,12,15,18H,4-5,8-11,13-14,16H2,(H,25,29). The van der Waals surface area contributed by atoms with Crippen LogP contribution in [-0.4, -0.2) is 33.6 Å². The van der Waals surface area contributed by atoms with Gasteiger partial charge < -0.3 is 10.2 Å². The van der Waals surface area contributed by atoms with Crippen molar-refractivity contribution < 1.29 is 4.79 Å². The summed E-state index contributed by atoms with van der Waals surface area (Å²) in [5.41, 5.74) is 4.93. The minimum atomic E-state index is 0.0773. The van der Waals surface area contributed by atoms with Crippen molar-refractivity contribution in [2.45, 2.75) is 45.1 Å². The quantitative estimate of drug-likeness (QED) is 0.745. The first-order valence-corrected chi connectivity index (χ1v) is 10.7. The lowest BCUT2D eigenvalue weighted by Crippen LogP contribution is -2.40. The third kappa shape index (κ3) is 3.59. The first-order valence-electron chi connectivity index (χ1n) is 10.7. The monoisotopic (exact) mass is 389 g/mol. The molecule has 0 unspecified atom stereocenters. The van der Waals surface area contributed by atoms with E-state index in [9.17, 15) is 4.79 Å². The second kappa shape index (κ2) is 7.85. The summed E-state index contributed by atoms with van der Waals surface area (Å²) in [6.07, 6.45) is 10.1. The van der Waals surface area contributed by atoms with Gasteiger partial charge in [-0.2, -0.15) is 5.10 Å². The summed E-state index contributed by atoms with van der Waals surface area (Å²) in [5, 5.41) is 7.89. The van der Waals surface area contributed by atoms with E-state index in [-0.39, 0.29) is 11.8 Å². The number of piperidine rings is 1. The van der Waals surface area contributed by atoms with Crippen molar-refractivity contribution in [2.24, 2.45) is 5.92 Å². The van der Waals surface area contributed by atoms with E-state index in [2.05, 4.69) is 10.2 Å². The van der Waals surface area contributed by atoms with Gasteiger partial charge in [0.2, 0.25) is 5.91 Å². The number of aryl methyl sites for hydroxylation is 2. The van der Waals surface area contributed by atoms with Crippen LogP contribution in [0.4, 0.5) is 5.82 Å². The number of benzene rings is 1. The van der Waals surface area contributed by atoms with Gasteiger partial charge in [0, 0.05) is 43.5 Å². The smallest absolute Gasteiger partial charge is 0.223 e. The number of carbonyl (C=O) groups excluding carboxylic acids is 1. The summed E-state index contributed by atoms with van der Waals surface area (Å²) >= 11 is 0. The fourth-order valence-corrected chi connectivity index (χ4v) is 4.66. The fraction of sp³-hybridized carbons (Fsp3) is 0.435. The van der Waals surface area contributed by atoms with Crippen molar-refractivity contribution in [3.8, 4) is 0 Å². The number of amides is 1. The first-order chi connectivity index (χ1) is 14.3. The highest BCUT2D eigenvalue weighted by atomic mass is 16.1. The molecule has 29 heavy (non-hydrogen) atoms. The highest BCUT2D eigenvalue weighted by molar-refractivity contribution is 5.79. The lowest BCUT2D eigenvalue weighted by Gasteiger charge is -2.32. The van der Waals surface area contributed by atoms with E-state index in [4.69, 9.17) is 10.1 Å². The maximum atomic E-state index is 12.6. The van der Waals surface area contributed by atoms with Crippen LogP contribution in [0.5, 0.6) is 0 Å². The predicted octanol–water partition coefficient (Wildman–Crippen LogP) is 3.14. The SMILES string of the molecule is O=C(NCc1ccccc1)C1CCN(c2nccn3nc4c(c23)CCCC4)CC1. The molecular formula is C23H27N5O. The summed E-state index contributed by atoms with van der Waals surface area (Å²) in [6, 6.07) is 10.1. The number of anilines is 1. The lowest BCUT2D eigenvalue weighted by molar-refractivity contribution is -0.125. The maximum Gasteiger partial charge on any atom is 0.223 e. The number of nitrogens with zero attached hydrogens (tertiary/aromatic N) is 4. The summed E-state index contributed by atoms with van der Waals surface area (Å²) in [4.78, 5) is 19.7. The highest BCUT2D eigenvalue weighted by Gasteiger charge is 2.28. The number of rotatable bonds is 4. The molecule has 1 amide bonds. The Morgan fingerprint density at radius 1 is 1.10 bits per heavy atom. The zero-order valence-electron chi connectivity index (χ0n) is 16.7. The first kappa shape index (κ1) is 18.2. The molecule has 0 saturated carbocycles. The fourth-order valence-electron chi connectivity index (χ4n) is 4.66. The van der Waals surface area contributed by atoms with Gasteiger partial charge >= 0.3 is 0 Å². The van der Waals surface area contributed by atoms with Crippen LogP contribution in [0.25, 0.3) is 5.52 Å². The molecule has 1 fully saturated rings. The molecule has 1 aliphatic carbocycles. The molecule has 3 aromatic rings. The van der Waals surface area contributed by atoms with Gasteiger partial charge in [-0.05, 0) is 44.1 Å². The van der Waals surface area contributed by atoms with Crippen molar-refractivity contribution in [1.29, 1.82) is 0 Å². The van der Waals surface area contributed by atoms with Crippen LogP contribution in [0.1, 0.15) is 42.5 Å². The Balaban J connectivity index is 1.26. The molecule has 2 aromatic heterocycles. The van der Waals surface area contributed by atoms with Gasteiger partial charge in [0.1, 0.15) is 5.52 Å². The van der Waals surface area contributed by atoms with Crippen LogP contribution < -0.4 is 10.2 Å². The molecule has 2 aliphatic rings. The van der Waals surface area contributed by atoms with Gasteiger partial charge in [0.05, 0.1) is 5.69 Å². The van der Waals surface area contributed by atoms with E-state index in [0.717, 1.165) is 50.2 Å². The van der Waals surface area contributed by atoms with Gasteiger partial charge in [-0.25, -0.2) is 9.50 Å². The van der Waals surface area contributed by atoms with Gasteiger partial charge in [0.15, 0.2) is 5.82 Å². The Kier molecular flexibility index (Phi) is 4.92. The second-order valence-corrected chi connectivity index (χ2v) is 8.14. The molecular weight excluding hydrogens is 362 g/mol. The van der Waals surface area contributed by atoms with E-state index in [1.165, 1.54) is 29.6 Å². The molecule has 1 saturated heterocycles. The molecule has 0 spiro atoms. The van der Waals surface area contributed by atoms with E-state index in [1.54, 1.807) is 0 Å². The Morgan fingerprint density at radius 2 is 1.90 bits per heavy atom. The Morgan fingerprint density at radius 3 is 2.72 bits per heavy atom. The number of hydrogen-bond acceptors (Lipinski definition) is 4. The molecule has 3 heterocycles. The second-order valence-electron chi connectivity index (χ2n) is 8.14. The third-order valence-corrected chi connectivity index (χ3v) is 6.27. The van der Waals surface area contributed by atoms with Gasteiger partial charge in [-0.1, -0.05) is 30.3 Å². The van der Waals surface area contributed by atoms with Gasteiger partial charge in [0.25, 0.3) is 0 Å². The van der Waals surface area contributed by atoms with E-state index >= 15 is 0 Å². The van der Waals surface area contributed by atoms with Crippen molar-refractivity contribution >= 4 is 17.2 Å². The summed E-state index contributed by atoms with van der Waals surface area (Å²) in [6.45, 7) is 2.31. The van der Waals surface area contributed by atoms with E-state index in [1.807, 2.05) is 47.2 Å². The Labute approximate surface area is 170 Å². The van der Waals surface area contributed by atoms with Gasteiger partial charge in [-0.3, -0.25) is 4.79 Å².